The van der Waals surface area contributed by atoms with Gasteiger partial charge in [0.25, 0.3) is 0 Å². The molecule has 0 amide bonds. The van der Waals surface area contributed by atoms with Crippen molar-refractivity contribution in [3.63, 3.8) is 0 Å². The maximum Gasteiger partial charge on any atom is 0.0531 e. The Morgan fingerprint density at radius 2 is 2.12 bits per heavy atom. The topological polar surface area (TPSA) is 12.4 Å². The van der Waals surface area contributed by atoms with Gasteiger partial charge in [-0.3, -0.25) is 4.99 Å². The molecule has 0 radical (unpaired) electrons. The minimum atomic E-state index is 0.486. The van der Waals surface area contributed by atoms with Crippen molar-refractivity contribution in [3.05, 3.63) is 12.2 Å². The van der Waals surface area contributed by atoms with Crippen LogP contribution >= 0.6 is 0 Å². The number of allylic oxidation sites excluding steroid dienone is 1. The number of dihydropyridines is 1. The fraction of sp³-hybridized carbons (Fsp3) is 0.571. The van der Waals surface area contributed by atoms with E-state index in [1.807, 2.05) is 12.3 Å². The van der Waals surface area contributed by atoms with Crippen LogP contribution in [0.15, 0.2) is 17.1 Å². The fourth-order valence-corrected chi connectivity index (χ4v) is 0.707. The molecule has 1 heteroatoms. The molecule has 0 spiro atoms. The van der Waals surface area contributed by atoms with E-state index in [9.17, 15) is 0 Å². The van der Waals surface area contributed by atoms with Crippen LogP contribution in [0, 0.1) is 5.92 Å². The van der Waals surface area contributed by atoms with Gasteiger partial charge in [-0.1, -0.05) is 13.0 Å². The van der Waals surface area contributed by atoms with E-state index in [0.717, 1.165) is 0 Å². The van der Waals surface area contributed by atoms with Crippen LogP contribution in [-0.2, 0) is 0 Å². The Morgan fingerprint density at radius 3 is 2.50 bits per heavy atom. The van der Waals surface area contributed by atoms with E-state index in [0.29, 0.717) is 12.0 Å². The molecule has 0 N–H and O–H groups in total. The molecule has 1 nitrogen and oxygen atoms in total. The van der Waals surface area contributed by atoms with Crippen molar-refractivity contribution in [1.29, 1.82) is 0 Å². The Kier molecular flexibility index (Phi) is 1.47. The van der Waals surface area contributed by atoms with Gasteiger partial charge in [0.1, 0.15) is 0 Å². The second-order valence-electron chi connectivity index (χ2n) is 2.28. The highest BCUT2D eigenvalue weighted by atomic mass is 14.8. The third kappa shape index (κ3) is 0.971. The van der Waals surface area contributed by atoms with Gasteiger partial charge in [0.05, 0.1) is 6.04 Å². The van der Waals surface area contributed by atoms with E-state index in [1.165, 1.54) is 0 Å². The summed E-state index contributed by atoms with van der Waals surface area (Å²) >= 11 is 0. The zero-order valence-electron chi connectivity index (χ0n) is 5.33. The fourth-order valence-electron chi connectivity index (χ4n) is 0.707. The summed E-state index contributed by atoms with van der Waals surface area (Å²) in [6, 6.07) is 0.486. The molecule has 0 bridgehead atoms. The lowest BCUT2D eigenvalue weighted by Crippen LogP contribution is -2.11. The normalized spacial score (nSPS) is 35.8. The second kappa shape index (κ2) is 2.12. The molecular formula is C7H11N. The lowest BCUT2D eigenvalue weighted by molar-refractivity contribution is 0.581. The molecule has 2 unspecified atom stereocenters. The Morgan fingerprint density at radius 1 is 1.38 bits per heavy atom. The van der Waals surface area contributed by atoms with Crippen LogP contribution in [0.3, 0.4) is 0 Å². The zero-order valence-corrected chi connectivity index (χ0v) is 5.33. The molecule has 1 rings (SSSR count). The first-order valence-corrected chi connectivity index (χ1v) is 3.00. The summed E-state index contributed by atoms with van der Waals surface area (Å²) in [6.07, 6.45) is 6.05. The molecule has 0 saturated heterocycles. The van der Waals surface area contributed by atoms with Crippen LogP contribution < -0.4 is 0 Å². The SMILES string of the molecule is CC1C=CC=NC1C. The molecule has 1 heterocycles. The largest absolute Gasteiger partial charge is 0.290 e. The van der Waals surface area contributed by atoms with Gasteiger partial charge in [0.2, 0.25) is 0 Å². The molecule has 44 valence electrons. The predicted octanol–water partition coefficient (Wildman–Crippen LogP) is 1.65. The second-order valence-corrected chi connectivity index (χ2v) is 2.28. The van der Waals surface area contributed by atoms with Crippen molar-refractivity contribution in [2.75, 3.05) is 0 Å². The summed E-state index contributed by atoms with van der Waals surface area (Å²) in [5.74, 6) is 0.625. The van der Waals surface area contributed by atoms with E-state index in [-0.39, 0.29) is 0 Å². The summed E-state index contributed by atoms with van der Waals surface area (Å²) in [5.41, 5.74) is 0. The minimum absolute atomic E-state index is 0.486. The monoisotopic (exact) mass is 109 g/mol. The first kappa shape index (κ1) is 5.54. The van der Waals surface area contributed by atoms with Gasteiger partial charge in [0.15, 0.2) is 0 Å². The third-order valence-electron chi connectivity index (χ3n) is 1.58. The first-order chi connectivity index (χ1) is 3.80. The van der Waals surface area contributed by atoms with Gasteiger partial charge in [-0.05, 0) is 18.9 Å². The summed E-state index contributed by atoms with van der Waals surface area (Å²) < 4.78 is 0. The summed E-state index contributed by atoms with van der Waals surface area (Å²) in [4.78, 5) is 4.20. The number of aliphatic imine (C=N–C) groups is 1. The first-order valence-electron chi connectivity index (χ1n) is 3.00. The maximum absolute atomic E-state index is 4.20. The van der Waals surface area contributed by atoms with E-state index in [1.54, 1.807) is 0 Å². The van der Waals surface area contributed by atoms with Crippen LogP contribution in [0.5, 0.6) is 0 Å². The predicted molar refractivity (Wildman–Crippen MR) is 36.3 cm³/mol. The van der Waals surface area contributed by atoms with Crippen LogP contribution in [-0.4, -0.2) is 12.3 Å². The summed E-state index contributed by atoms with van der Waals surface area (Å²) in [5, 5.41) is 0. The maximum atomic E-state index is 4.20. The molecule has 2 atom stereocenters. The standard InChI is InChI=1S/C7H11N/c1-6-4-3-5-8-7(6)2/h3-7H,1-2H3. The van der Waals surface area contributed by atoms with Crippen LogP contribution in [0.25, 0.3) is 0 Å². The van der Waals surface area contributed by atoms with Crippen molar-refractivity contribution in [3.8, 4) is 0 Å². The number of hydrogen-bond acceptors (Lipinski definition) is 1. The molecular weight excluding hydrogens is 98.1 g/mol. The molecule has 1 aliphatic heterocycles. The minimum Gasteiger partial charge on any atom is -0.290 e. The van der Waals surface area contributed by atoms with Gasteiger partial charge >= 0.3 is 0 Å². The quantitative estimate of drug-likeness (QED) is 0.448. The molecule has 0 saturated carbocycles. The molecule has 8 heavy (non-hydrogen) atoms. The number of hydrogen-bond donors (Lipinski definition) is 0. The molecule has 0 aromatic rings. The van der Waals surface area contributed by atoms with Gasteiger partial charge in [0, 0.05) is 6.21 Å². The molecule has 0 aromatic heterocycles. The van der Waals surface area contributed by atoms with Crippen molar-refractivity contribution in [2.24, 2.45) is 10.9 Å². The molecule has 1 aliphatic rings. The van der Waals surface area contributed by atoms with Crippen molar-refractivity contribution >= 4 is 6.21 Å². The summed E-state index contributed by atoms with van der Waals surface area (Å²) in [6.45, 7) is 4.31. The summed E-state index contributed by atoms with van der Waals surface area (Å²) in [7, 11) is 0. The van der Waals surface area contributed by atoms with Crippen LogP contribution in [0.2, 0.25) is 0 Å². The van der Waals surface area contributed by atoms with Gasteiger partial charge < -0.3 is 0 Å². The Balaban J connectivity index is 2.59. The Bertz CT molecular complexity index is 108. The van der Waals surface area contributed by atoms with Crippen LogP contribution in [0.4, 0.5) is 0 Å². The van der Waals surface area contributed by atoms with E-state index in [2.05, 4.69) is 24.9 Å². The van der Waals surface area contributed by atoms with E-state index >= 15 is 0 Å². The molecule has 0 fully saturated rings. The average Bonchev–Trinajstić information content (AvgIpc) is 1.77. The lowest BCUT2D eigenvalue weighted by atomic mass is 10.0. The molecule has 0 aromatic carbocycles. The highest BCUT2D eigenvalue weighted by molar-refractivity contribution is 5.72. The average molecular weight is 109 g/mol. The van der Waals surface area contributed by atoms with Crippen LogP contribution in [0.1, 0.15) is 13.8 Å². The lowest BCUT2D eigenvalue weighted by Gasteiger charge is -2.13. The van der Waals surface area contributed by atoms with Gasteiger partial charge in [-0.2, -0.15) is 0 Å². The van der Waals surface area contributed by atoms with Crippen molar-refractivity contribution < 1.29 is 0 Å². The Hall–Kier alpha value is -0.590. The highest BCUT2D eigenvalue weighted by Crippen LogP contribution is 2.10. The third-order valence-corrected chi connectivity index (χ3v) is 1.58. The number of nitrogens with zero attached hydrogens (tertiary/aromatic N) is 1. The van der Waals surface area contributed by atoms with Crippen molar-refractivity contribution in [1.82, 2.24) is 0 Å². The van der Waals surface area contributed by atoms with E-state index < -0.39 is 0 Å². The smallest absolute Gasteiger partial charge is 0.0531 e. The van der Waals surface area contributed by atoms with Gasteiger partial charge in [-0.25, -0.2) is 0 Å². The number of rotatable bonds is 0. The zero-order chi connectivity index (χ0) is 5.98. The van der Waals surface area contributed by atoms with E-state index in [4.69, 9.17) is 0 Å². The highest BCUT2D eigenvalue weighted by Gasteiger charge is 2.07. The Labute approximate surface area is 50.1 Å². The van der Waals surface area contributed by atoms with Gasteiger partial charge in [-0.15, -0.1) is 0 Å². The molecule has 0 aliphatic carbocycles. The van der Waals surface area contributed by atoms with Crippen molar-refractivity contribution in [2.45, 2.75) is 19.9 Å².